The fourth-order valence-corrected chi connectivity index (χ4v) is 1.50. The standard InChI is InChI=1S/C10H11BrN2O5/c1-10(16,9(14)15)5-12-7-3-2-6(11)4-8(7)13(17)18/h2-4,12,16H,5H2,1H3,(H,14,15). The first-order valence-electron chi connectivity index (χ1n) is 4.87. The Morgan fingerprint density at radius 1 is 1.61 bits per heavy atom. The first-order valence-corrected chi connectivity index (χ1v) is 5.67. The van der Waals surface area contributed by atoms with E-state index in [0.29, 0.717) is 4.47 Å². The zero-order valence-corrected chi connectivity index (χ0v) is 11.0. The van der Waals surface area contributed by atoms with Crippen LogP contribution in [0.1, 0.15) is 6.92 Å². The number of carboxylic acids is 1. The molecule has 1 aromatic carbocycles. The van der Waals surface area contributed by atoms with Crippen molar-refractivity contribution in [1.29, 1.82) is 0 Å². The van der Waals surface area contributed by atoms with E-state index < -0.39 is 16.5 Å². The van der Waals surface area contributed by atoms with Gasteiger partial charge in [0.15, 0.2) is 5.60 Å². The Balaban J connectivity index is 2.92. The van der Waals surface area contributed by atoms with Crippen LogP contribution in [-0.2, 0) is 4.79 Å². The molecule has 1 aromatic rings. The highest BCUT2D eigenvalue weighted by Gasteiger charge is 2.30. The Morgan fingerprint density at radius 3 is 2.72 bits per heavy atom. The molecule has 18 heavy (non-hydrogen) atoms. The van der Waals surface area contributed by atoms with Crippen LogP contribution in [0.25, 0.3) is 0 Å². The molecule has 0 aromatic heterocycles. The molecule has 0 bridgehead atoms. The average molecular weight is 319 g/mol. The second kappa shape index (κ2) is 5.32. The third kappa shape index (κ3) is 3.41. The Kier molecular flexibility index (Phi) is 4.25. The maximum atomic E-state index is 10.8. The van der Waals surface area contributed by atoms with Gasteiger partial charge in [-0.3, -0.25) is 10.1 Å². The van der Waals surface area contributed by atoms with Crippen LogP contribution in [0.15, 0.2) is 22.7 Å². The van der Waals surface area contributed by atoms with E-state index in [9.17, 15) is 20.0 Å². The summed E-state index contributed by atoms with van der Waals surface area (Å²) in [6, 6.07) is 4.29. The highest BCUT2D eigenvalue weighted by Crippen LogP contribution is 2.28. The molecule has 98 valence electrons. The predicted octanol–water partition coefficient (Wildman–Crippen LogP) is 1.60. The van der Waals surface area contributed by atoms with Crippen molar-refractivity contribution in [2.45, 2.75) is 12.5 Å². The Hall–Kier alpha value is -1.67. The number of rotatable bonds is 5. The second-order valence-electron chi connectivity index (χ2n) is 3.85. The van der Waals surface area contributed by atoms with Crippen LogP contribution in [0.2, 0.25) is 0 Å². The van der Waals surface area contributed by atoms with Gasteiger partial charge in [0.25, 0.3) is 5.69 Å². The summed E-state index contributed by atoms with van der Waals surface area (Å²) in [6.07, 6.45) is 0. The van der Waals surface area contributed by atoms with Gasteiger partial charge in [0, 0.05) is 10.5 Å². The van der Waals surface area contributed by atoms with Crippen molar-refractivity contribution in [3.8, 4) is 0 Å². The van der Waals surface area contributed by atoms with E-state index >= 15 is 0 Å². The summed E-state index contributed by atoms with van der Waals surface area (Å²) in [5.74, 6) is -1.41. The van der Waals surface area contributed by atoms with E-state index in [1.807, 2.05) is 0 Å². The van der Waals surface area contributed by atoms with Gasteiger partial charge >= 0.3 is 5.97 Å². The van der Waals surface area contributed by atoms with Crippen LogP contribution in [0.4, 0.5) is 11.4 Å². The van der Waals surface area contributed by atoms with Gasteiger partial charge in [0.1, 0.15) is 5.69 Å². The minimum absolute atomic E-state index is 0.143. The molecule has 0 amide bonds. The van der Waals surface area contributed by atoms with Gasteiger partial charge in [-0.1, -0.05) is 15.9 Å². The molecule has 1 rings (SSSR count). The average Bonchev–Trinajstić information content (AvgIpc) is 2.27. The fraction of sp³-hybridized carbons (Fsp3) is 0.300. The third-order valence-electron chi connectivity index (χ3n) is 2.24. The molecular weight excluding hydrogens is 308 g/mol. The van der Waals surface area contributed by atoms with Gasteiger partial charge in [0.05, 0.1) is 11.5 Å². The molecule has 0 radical (unpaired) electrons. The van der Waals surface area contributed by atoms with Crippen LogP contribution >= 0.6 is 15.9 Å². The van der Waals surface area contributed by atoms with Gasteiger partial charge in [0.2, 0.25) is 0 Å². The maximum Gasteiger partial charge on any atom is 0.337 e. The van der Waals surface area contributed by atoms with Crippen LogP contribution < -0.4 is 5.32 Å². The van der Waals surface area contributed by atoms with E-state index in [-0.39, 0.29) is 17.9 Å². The smallest absolute Gasteiger partial charge is 0.337 e. The topological polar surface area (TPSA) is 113 Å². The first kappa shape index (κ1) is 14.4. The van der Waals surface area contributed by atoms with Gasteiger partial charge in [-0.15, -0.1) is 0 Å². The number of aliphatic hydroxyl groups is 1. The van der Waals surface area contributed by atoms with Gasteiger partial charge in [-0.25, -0.2) is 4.79 Å². The number of benzene rings is 1. The normalized spacial score (nSPS) is 13.7. The number of nitro benzene ring substituents is 1. The Morgan fingerprint density at radius 2 is 2.22 bits per heavy atom. The molecule has 0 spiro atoms. The maximum absolute atomic E-state index is 10.8. The van der Waals surface area contributed by atoms with E-state index in [2.05, 4.69) is 21.2 Å². The highest BCUT2D eigenvalue weighted by atomic mass is 79.9. The van der Waals surface area contributed by atoms with Crippen molar-refractivity contribution >= 4 is 33.3 Å². The molecule has 8 heteroatoms. The first-order chi connectivity index (χ1) is 8.24. The number of nitrogens with zero attached hydrogens (tertiary/aromatic N) is 1. The molecular formula is C10H11BrN2O5. The molecule has 3 N–H and O–H groups in total. The van der Waals surface area contributed by atoms with Crippen molar-refractivity contribution in [3.05, 3.63) is 32.8 Å². The summed E-state index contributed by atoms with van der Waals surface area (Å²) in [6.45, 7) is 0.762. The highest BCUT2D eigenvalue weighted by molar-refractivity contribution is 9.10. The number of anilines is 1. The van der Waals surface area contributed by atoms with Crippen molar-refractivity contribution in [2.75, 3.05) is 11.9 Å². The summed E-state index contributed by atoms with van der Waals surface area (Å²) in [7, 11) is 0. The van der Waals surface area contributed by atoms with E-state index in [4.69, 9.17) is 5.11 Å². The lowest BCUT2D eigenvalue weighted by molar-refractivity contribution is -0.384. The molecule has 0 aliphatic heterocycles. The number of aliphatic carboxylic acids is 1. The van der Waals surface area contributed by atoms with Crippen LogP contribution in [0.5, 0.6) is 0 Å². The second-order valence-corrected chi connectivity index (χ2v) is 4.77. The number of hydrogen-bond acceptors (Lipinski definition) is 5. The molecule has 0 fully saturated rings. The third-order valence-corrected chi connectivity index (χ3v) is 2.73. The van der Waals surface area contributed by atoms with Crippen LogP contribution in [-0.4, -0.2) is 33.3 Å². The number of nitro groups is 1. The summed E-state index contributed by atoms with van der Waals surface area (Å²) < 4.78 is 0.532. The zero-order valence-electron chi connectivity index (χ0n) is 9.38. The zero-order chi connectivity index (χ0) is 13.9. The monoisotopic (exact) mass is 318 g/mol. The number of carbonyl (C=O) groups is 1. The summed E-state index contributed by atoms with van der Waals surface area (Å²) in [5, 5.41) is 31.6. The molecule has 1 unspecified atom stereocenters. The minimum atomic E-state index is -2.00. The van der Waals surface area contributed by atoms with E-state index in [1.165, 1.54) is 12.1 Å². The van der Waals surface area contributed by atoms with Gasteiger partial charge in [-0.2, -0.15) is 0 Å². The molecule has 0 aliphatic rings. The molecule has 0 saturated carbocycles. The van der Waals surface area contributed by atoms with Gasteiger partial charge in [-0.05, 0) is 19.1 Å². The SMILES string of the molecule is CC(O)(CNc1ccc(Br)cc1[N+](=O)[O-])C(=O)O. The lowest BCUT2D eigenvalue weighted by Crippen LogP contribution is -2.41. The Bertz CT molecular complexity index is 489. The van der Waals surface area contributed by atoms with Crippen molar-refractivity contribution in [2.24, 2.45) is 0 Å². The quantitative estimate of drug-likeness (QED) is 0.561. The molecule has 0 heterocycles. The molecule has 7 nitrogen and oxygen atoms in total. The summed E-state index contributed by atoms with van der Waals surface area (Å²) >= 11 is 3.10. The van der Waals surface area contributed by atoms with Gasteiger partial charge < -0.3 is 15.5 Å². The van der Waals surface area contributed by atoms with Crippen LogP contribution in [0, 0.1) is 10.1 Å². The van der Waals surface area contributed by atoms with Crippen molar-refractivity contribution in [1.82, 2.24) is 0 Å². The Labute approximate surface area is 111 Å². The van der Waals surface area contributed by atoms with E-state index in [0.717, 1.165) is 6.92 Å². The lowest BCUT2D eigenvalue weighted by Gasteiger charge is -2.19. The predicted molar refractivity (Wildman–Crippen MR) is 67.5 cm³/mol. The molecule has 1 atom stereocenters. The fourth-order valence-electron chi connectivity index (χ4n) is 1.15. The largest absolute Gasteiger partial charge is 0.479 e. The van der Waals surface area contributed by atoms with Crippen molar-refractivity contribution < 1.29 is 19.9 Å². The number of nitrogens with one attached hydrogen (secondary N) is 1. The van der Waals surface area contributed by atoms with Crippen LogP contribution in [0.3, 0.4) is 0 Å². The van der Waals surface area contributed by atoms with E-state index in [1.54, 1.807) is 6.07 Å². The molecule has 0 saturated heterocycles. The number of halogens is 1. The van der Waals surface area contributed by atoms with Crippen molar-refractivity contribution in [3.63, 3.8) is 0 Å². The number of hydrogen-bond donors (Lipinski definition) is 3. The lowest BCUT2D eigenvalue weighted by atomic mass is 10.1. The minimum Gasteiger partial charge on any atom is -0.479 e. The summed E-state index contributed by atoms with van der Waals surface area (Å²) in [4.78, 5) is 20.9. The number of carboxylic acid groups (broad SMARTS) is 1. The molecule has 0 aliphatic carbocycles. The summed E-state index contributed by atoms with van der Waals surface area (Å²) in [5.41, 5.74) is -2.06.